The van der Waals surface area contributed by atoms with Gasteiger partial charge in [-0.15, -0.1) is 0 Å². The fourth-order valence-electron chi connectivity index (χ4n) is 1.82. The zero-order valence-electron chi connectivity index (χ0n) is 9.17. The minimum Gasteiger partial charge on any atom is -0.370 e. The SMILES string of the molecule is O=Cc1cc(N2CCSCC2)ccc1[N+](=O)[O-]. The second-order valence-electron chi connectivity index (χ2n) is 3.72. The highest BCUT2D eigenvalue weighted by molar-refractivity contribution is 7.99. The molecule has 1 aliphatic heterocycles. The molecule has 0 unspecified atom stereocenters. The van der Waals surface area contributed by atoms with Crippen molar-refractivity contribution in [2.45, 2.75) is 0 Å². The van der Waals surface area contributed by atoms with Crippen LogP contribution in [0, 0.1) is 10.1 Å². The molecule has 1 aromatic carbocycles. The first kappa shape index (κ1) is 11.9. The van der Waals surface area contributed by atoms with Crippen LogP contribution in [0.4, 0.5) is 11.4 Å². The van der Waals surface area contributed by atoms with Crippen LogP contribution in [0.15, 0.2) is 18.2 Å². The molecular formula is C11H12N2O3S. The van der Waals surface area contributed by atoms with Gasteiger partial charge in [-0.25, -0.2) is 0 Å². The molecule has 0 amide bonds. The average Bonchev–Trinajstić information content (AvgIpc) is 2.39. The third-order valence-corrected chi connectivity index (χ3v) is 3.65. The van der Waals surface area contributed by atoms with Gasteiger partial charge in [-0.3, -0.25) is 14.9 Å². The molecule has 1 aliphatic rings. The van der Waals surface area contributed by atoms with Gasteiger partial charge in [-0.05, 0) is 12.1 Å². The van der Waals surface area contributed by atoms with E-state index >= 15 is 0 Å². The van der Waals surface area contributed by atoms with Gasteiger partial charge >= 0.3 is 0 Å². The van der Waals surface area contributed by atoms with Crippen molar-refractivity contribution < 1.29 is 9.72 Å². The third-order valence-electron chi connectivity index (χ3n) is 2.71. The minimum atomic E-state index is -0.528. The predicted octanol–water partition coefficient (Wildman–Crippen LogP) is 1.96. The summed E-state index contributed by atoms with van der Waals surface area (Å²) in [5.74, 6) is 2.10. The quantitative estimate of drug-likeness (QED) is 0.467. The number of carbonyl (C=O) groups is 1. The van der Waals surface area contributed by atoms with Gasteiger partial charge < -0.3 is 4.90 Å². The van der Waals surface area contributed by atoms with Crippen molar-refractivity contribution in [2.75, 3.05) is 29.5 Å². The van der Waals surface area contributed by atoms with E-state index in [0.29, 0.717) is 6.29 Å². The summed E-state index contributed by atoms with van der Waals surface area (Å²) in [5.41, 5.74) is 0.902. The standard InChI is InChI=1S/C11H12N2O3S/c14-8-9-7-10(1-2-11(9)13(15)16)12-3-5-17-6-4-12/h1-2,7-8H,3-6H2. The second kappa shape index (κ2) is 5.18. The molecule has 1 fully saturated rings. The Kier molecular flexibility index (Phi) is 3.63. The Bertz CT molecular complexity index is 444. The summed E-state index contributed by atoms with van der Waals surface area (Å²) in [6.45, 7) is 1.83. The monoisotopic (exact) mass is 252 g/mol. The van der Waals surface area contributed by atoms with E-state index in [0.717, 1.165) is 30.3 Å². The first-order valence-electron chi connectivity index (χ1n) is 5.28. The number of benzene rings is 1. The Morgan fingerprint density at radius 2 is 2.06 bits per heavy atom. The summed E-state index contributed by atoms with van der Waals surface area (Å²) in [6, 6.07) is 4.71. The molecule has 90 valence electrons. The van der Waals surface area contributed by atoms with Gasteiger partial charge in [-0.1, -0.05) is 0 Å². The Morgan fingerprint density at radius 1 is 1.35 bits per heavy atom. The fraction of sp³-hybridized carbons (Fsp3) is 0.364. The highest BCUT2D eigenvalue weighted by atomic mass is 32.2. The summed E-state index contributed by atoms with van der Waals surface area (Å²) >= 11 is 1.89. The lowest BCUT2D eigenvalue weighted by Gasteiger charge is -2.28. The molecule has 0 aliphatic carbocycles. The van der Waals surface area contributed by atoms with E-state index in [1.165, 1.54) is 6.07 Å². The van der Waals surface area contributed by atoms with Gasteiger partial charge in [0.05, 0.1) is 10.5 Å². The van der Waals surface area contributed by atoms with Crippen LogP contribution in [0.3, 0.4) is 0 Å². The van der Waals surface area contributed by atoms with E-state index in [9.17, 15) is 14.9 Å². The maximum atomic E-state index is 10.8. The molecule has 0 atom stereocenters. The number of nitro groups is 1. The molecule has 0 aromatic heterocycles. The normalized spacial score (nSPS) is 15.6. The molecule has 0 spiro atoms. The summed E-state index contributed by atoms with van der Waals surface area (Å²) in [5, 5.41) is 10.7. The topological polar surface area (TPSA) is 63.5 Å². The van der Waals surface area contributed by atoms with E-state index in [4.69, 9.17) is 0 Å². The summed E-state index contributed by atoms with van der Waals surface area (Å²) in [6.07, 6.45) is 0.542. The van der Waals surface area contributed by atoms with Crippen molar-refractivity contribution in [2.24, 2.45) is 0 Å². The summed E-state index contributed by atoms with van der Waals surface area (Å²) in [7, 11) is 0. The first-order chi connectivity index (χ1) is 8.22. The highest BCUT2D eigenvalue weighted by Crippen LogP contribution is 2.25. The first-order valence-corrected chi connectivity index (χ1v) is 6.44. The Morgan fingerprint density at radius 3 is 2.65 bits per heavy atom. The second-order valence-corrected chi connectivity index (χ2v) is 4.94. The molecular weight excluding hydrogens is 240 g/mol. The maximum Gasteiger partial charge on any atom is 0.280 e. The van der Waals surface area contributed by atoms with Crippen molar-refractivity contribution in [1.29, 1.82) is 0 Å². The molecule has 0 bridgehead atoms. The van der Waals surface area contributed by atoms with Gasteiger partial charge in [0.25, 0.3) is 5.69 Å². The molecule has 1 saturated heterocycles. The number of aldehydes is 1. The number of nitro benzene ring substituents is 1. The van der Waals surface area contributed by atoms with Gasteiger partial charge in [0.15, 0.2) is 6.29 Å². The molecule has 5 nitrogen and oxygen atoms in total. The Labute approximate surface area is 103 Å². The van der Waals surface area contributed by atoms with E-state index in [1.807, 2.05) is 11.8 Å². The molecule has 1 heterocycles. The number of nitrogens with zero attached hydrogens (tertiary/aromatic N) is 2. The molecule has 0 radical (unpaired) electrons. The number of hydrogen-bond acceptors (Lipinski definition) is 5. The molecule has 17 heavy (non-hydrogen) atoms. The van der Waals surface area contributed by atoms with Crippen molar-refractivity contribution in [3.63, 3.8) is 0 Å². The number of rotatable bonds is 3. The third kappa shape index (κ3) is 2.58. The number of carbonyl (C=O) groups excluding carboxylic acids is 1. The van der Waals surface area contributed by atoms with E-state index in [-0.39, 0.29) is 11.3 Å². The summed E-state index contributed by atoms with van der Waals surface area (Å²) < 4.78 is 0. The van der Waals surface area contributed by atoms with Crippen LogP contribution in [0.1, 0.15) is 10.4 Å². The minimum absolute atomic E-state index is 0.130. The van der Waals surface area contributed by atoms with Crippen LogP contribution in [0.2, 0.25) is 0 Å². The van der Waals surface area contributed by atoms with Crippen molar-refractivity contribution in [3.05, 3.63) is 33.9 Å². The molecule has 0 saturated carbocycles. The van der Waals surface area contributed by atoms with Crippen LogP contribution in [-0.4, -0.2) is 35.8 Å². The zero-order valence-corrected chi connectivity index (χ0v) is 9.98. The lowest BCUT2D eigenvalue weighted by atomic mass is 10.1. The lowest BCUT2D eigenvalue weighted by Crippen LogP contribution is -2.32. The molecule has 6 heteroatoms. The van der Waals surface area contributed by atoms with Gasteiger partial charge in [0.1, 0.15) is 0 Å². The molecule has 1 aromatic rings. The molecule has 0 N–H and O–H groups in total. The average molecular weight is 252 g/mol. The Hall–Kier alpha value is -1.56. The Balaban J connectivity index is 2.30. The van der Waals surface area contributed by atoms with Crippen molar-refractivity contribution in [1.82, 2.24) is 0 Å². The van der Waals surface area contributed by atoms with E-state index in [1.54, 1.807) is 12.1 Å². The highest BCUT2D eigenvalue weighted by Gasteiger charge is 2.17. The largest absolute Gasteiger partial charge is 0.370 e. The van der Waals surface area contributed by atoms with Crippen LogP contribution in [0.25, 0.3) is 0 Å². The predicted molar refractivity (Wildman–Crippen MR) is 68.0 cm³/mol. The number of anilines is 1. The molecule has 2 rings (SSSR count). The smallest absolute Gasteiger partial charge is 0.280 e. The lowest BCUT2D eigenvalue weighted by molar-refractivity contribution is -0.385. The van der Waals surface area contributed by atoms with Crippen molar-refractivity contribution >= 4 is 29.4 Å². The van der Waals surface area contributed by atoms with E-state index in [2.05, 4.69) is 4.90 Å². The summed E-state index contributed by atoms with van der Waals surface area (Å²) in [4.78, 5) is 23.2. The van der Waals surface area contributed by atoms with Crippen LogP contribution in [0.5, 0.6) is 0 Å². The van der Waals surface area contributed by atoms with Gasteiger partial charge in [0.2, 0.25) is 0 Å². The fourth-order valence-corrected chi connectivity index (χ4v) is 2.72. The van der Waals surface area contributed by atoms with Gasteiger partial charge in [-0.2, -0.15) is 11.8 Å². The number of hydrogen-bond donors (Lipinski definition) is 0. The maximum absolute atomic E-state index is 10.8. The zero-order chi connectivity index (χ0) is 12.3. The van der Waals surface area contributed by atoms with E-state index < -0.39 is 4.92 Å². The van der Waals surface area contributed by atoms with Crippen LogP contribution in [-0.2, 0) is 0 Å². The number of thioether (sulfide) groups is 1. The van der Waals surface area contributed by atoms with Crippen molar-refractivity contribution in [3.8, 4) is 0 Å². The van der Waals surface area contributed by atoms with Crippen LogP contribution < -0.4 is 4.90 Å². The van der Waals surface area contributed by atoms with Gasteiger partial charge in [0, 0.05) is 36.3 Å². The van der Waals surface area contributed by atoms with Crippen LogP contribution >= 0.6 is 11.8 Å².